The second kappa shape index (κ2) is 5.25. The molecular weight excluding hydrogens is 202 g/mol. The maximum atomic E-state index is 10.6. The summed E-state index contributed by atoms with van der Waals surface area (Å²) < 4.78 is 0. The molecule has 1 atom stereocenters. The molecule has 0 amide bonds. The van der Waals surface area contributed by atoms with Crippen molar-refractivity contribution < 1.29 is 4.79 Å². The van der Waals surface area contributed by atoms with E-state index in [-0.39, 0.29) is 11.0 Å². The third-order valence-corrected chi connectivity index (χ3v) is 3.81. The number of nitrogens with one attached hydrogen (secondary N) is 1. The number of hydrogen-bond acceptors (Lipinski definition) is 4. The van der Waals surface area contributed by atoms with Crippen LogP contribution in [-0.4, -0.2) is 31.5 Å². The molecular formula is C12H25N3O. The summed E-state index contributed by atoms with van der Waals surface area (Å²) in [4.78, 5) is 10.6. The highest BCUT2D eigenvalue weighted by atomic mass is 16.1. The van der Waals surface area contributed by atoms with Crippen LogP contribution in [0.4, 0.5) is 0 Å². The van der Waals surface area contributed by atoms with Gasteiger partial charge in [-0.25, -0.2) is 0 Å². The quantitative estimate of drug-likeness (QED) is 0.430. The van der Waals surface area contributed by atoms with Gasteiger partial charge in [0.2, 0.25) is 0 Å². The molecule has 16 heavy (non-hydrogen) atoms. The van der Waals surface area contributed by atoms with Gasteiger partial charge >= 0.3 is 0 Å². The fourth-order valence-corrected chi connectivity index (χ4v) is 3.04. The second-order valence-corrected chi connectivity index (χ2v) is 5.64. The van der Waals surface area contributed by atoms with Gasteiger partial charge in [0.15, 0.2) is 0 Å². The Kier molecular flexibility index (Phi) is 4.47. The van der Waals surface area contributed by atoms with Crippen molar-refractivity contribution >= 4 is 6.29 Å². The molecule has 0 aliphatic heterocycles. The number of nitrogens with two attached hydrogens (primary N) is 2. The highest BCUT2D eigenvalue weighted by Gasteiger charge is 2.51. The Bertz CT molecular complexity index is 232. The molecule has 0 heterocycles. The van der Waals surface area contributed by atoms with E-state index in [1.165, 1.54) is 0 Å². The highest BCUT2D eigenvalue weighted by Crippen LogP contribution is 2.52. The van der Waals surface area contributed by atoms with Crippen LogP contribution in [0.25, 0.3) is 0 Å². The Balaban J connectivity index is 2.53. The topological polar surface area (TPSA) is 81.1 Å². The van der Waals surface area contributed by atoms with Gasteiger partial charge < -0.3 is 21.6 Å². The van der Waals surface area contributed by atoms with E-state index >= 15 is 0 Å². The lowest BCUT2D eigenvalue weighted by atomic mass is 9.53. The van der Waals surface area contributed by atoms with Crippen molar-refractivity contribution in [1.29, 1.82) is 0 Å². The number of rotatable bonds is 7. The Morgan fingerprint density at radius 1 is 1.50 bits per heavy atom. The average molecular weight is 227 g/mol. The van der Waals surface area contributed by atoms with Gasteiger partial charge in [0.25, 0.3) is 0 Å². The first kappa shape index (κ1) is 13.6. The zero-order valence-corrected chi connectivity index (χ0v) is 10.5. The lowest BCUT2D eigenvalue weighted by molar-refractivity contribution is -0.111. The lowest BCUT2D eigenvalue weighted by Crippen LogP contribution is -2.62. The number of aldehydes is 1. The molecule has 1 aliphatic rings. The monoisotopic (exact) mass is 227 g/mol. The molecule has 0 radical (unpaired) electrons. The summed E-state index contributed by atoms with van der Waals surface area (Å²) in [5, 5.41) is 3.36. The molecule has 1 aliphatic carbocycles. The third-order valence-electron chi connectivity index (χ3n) is 3.81. The van der Waals surface area contributed by atoms with Gasteiger partial charge in [-0.1, -0.05) is 6.92 Å². The van der Waals surface area contributed by atoms with E-state index in [9.17, 15) is 4.79 Å². The van der Waals surface area contributed by atoms with Crippen LogP contribution >= 0.6 is 0 Å². The van der Waals surface area contributed by atoms with Crippen molar-refractivity contribution in [2.75, 3.05) is 19.6 Å². The zero-order valence-electron chi connectivity index (χ0n) is 10.5. The van der Waals surface area contributed by atoms with Gasteiger partial charge in [0, 0.05) is 31.6 Å². The van der Waals surface area contributed by atoms with Crippen molar-refractivity contribution in [3.63, 3.8) is 0 Å². The summed E-state index contributed by atoms with van der Waals surface area (Å²) in [5.74, 6) is 0.395. The third kappa shape index (κ3) is 3.03. The molecule has 1 fully saturated rings. The molecule has 4 heteroatoms. The summed E-state index contributed by atoms with van der Waals surface area (Å²) in [6.07, 6.45) is 3.63. The fraction of sp³-hybridized carbons (Fsp3) is 0.917. The minimum absolute atomic E-state index is 0.0540. The SMILES string of the molecule is CC(CC=O)C1(CNCCN)CC(C)(N)C1. The minimum atomic E-state index is -0.0540. The van der Waals surface area contributed by atoms with Crippen LogP contribution in [0.15, 0.2) is 0 Å². The molecule has 0 bridgehead atoms. The van der Waals surface area contributed by atoms with E-state index in [0.717, 1.165) is 32.2 Å². The number of hydrogen-bond donors (Lipinski definition) is 3. The summed E-state index contributed by atoms with van der Waals surface area (Å²) in [6.45, 7) is 6.64. The predicted molar refractivity (Wildman–Crippen MR) is 66.0 cm³/mol. The standard InChI is InChI=1S/C12H25N3O/c1-10(3-6-16)12(9-15-5-4-13)7-11(2,14)8-12/h6,10,15H,3-5,7-9,13-14H2,1-2H3. The number of carbonyl (C=O) groups is 1. The average Bonchev–Trinajstić information content (AvgIpc) is 2.15. The minimum Gasteiger partial charge on any atom is -0.329 e. The molecule has 0 spiro atoms. The van der Waals surface area contributed by atoms with Gasteiger partial charge in [-0.15, -0.1) is 0 Å². The smallest absolute Gasteiger partial charge is 0.120 e. The maximum absolute atomic E-state index is 10.6. The van der Waals surface area contributed by atoms with Crippen molar-refractivity contribution in [2.45, 2.75) is 38.6 Å². The van der Waals surface area contributed by atoms with Crippen LogP contribution in [0, 0.1) is 11.3 Å². The van der Waals surface area contributed by atoms with Gasteiger partial charge in [0.05, 0.1) is 0 Å². The van der Waals surface area contributed by atoms with E-state index in [1.807, 2.05) is 0 Å². The van der Waals surface area contributed by atoms with Crippen molar-refractivity contribution in [1.82, 2.24) is 5.32 Å². The van der Waals surface area contributed by atoms with Crippen LogP contribution < -0.4 is 16.8 Å². The Morgan fingerprint density at radius 2 is 2.12 bits per heavy atom. The maximum Gasteiger partial charge on any atom is 0.120 e. The van der Waals surface area contributed by atoms with Crippen LogP contribution in [-0.2, 0) is 4.79 Å². The molecule has 94 valence electrons. The van der Waals surface area contributed by atoms with Crippen molar-refractivity contribution in [3.8, 4) is 0 Å². The predicted octanol–water partition coefficient (Wildman–Crippen LogP) is 0.257. The van der Waals surface area contributed by atoms with Gasteiger partial charge in [0.1, 0.15) is 6.29 Å². The first-order valence-electron chi connectivity index (χ1n) is 6.09. The molecule has 0 aromatic rings. The molecule has 1 unspecified atom stereocenters. The molecule has 1 rings (SSSR count). The van der Waals surface area contributed by atoms with E-state index < -0.39 is 0 Å². The van der Waals surface area contributed by atoms with Crippen LogP contribution in [0.2, 0.25) is 0 Å². The molecule has 1 saturated carbocycles. The van der Waals surface area contributed by atoms with Crippen LogP contribution in [0.1, 0.15) is 33.1 Å². The van der Waals surface area contributed by atoms with Gasteiger partial charge in [-0.05, 0) is 31.1 Å². The normalized spacial score (nSPS) is 35.5. The van der Waals surface area contributed by atoms with E-state index in [4.69, 9.17) is 11.5 Å². The van der Waals surface area contributed by atoms with Crippen molar-refractivity contribution in [3.05, 3.63) is 0 Å². The van der Waals surface area contributed by atoms with E-state index in [1.54, 1.807) is 0 Å². The summed E-state index contributed by atoms with van der Waals surface area (Å²) in [6, 6.07) is 0. The van der Waals surface area contributed by atoms with E-state index in [0.29, 0.717) is 18.9 Å². The second-order valence-electron chi connectivity index (χ2n) is 5.64. The number of carbonyl (C=O) groups excluding carboxylic acids is 1. The highest BCUT2D eigenvalue weighted by molar-refractivity contribution is 5.50. The van der Waals surface area contributed by atoms with Gasteiger partial charge in [-0.3, -0.25) is 0 Å². The molecule has 4 nitrogen and oxygen atoms in total. The van der Waals surface area contributed by atoms with Gasteiger partial charge in [-0.2, -0.15) is 0 Å². The summed E-state index contributed by atoms with van der Waals surface area (Å²) in [5.41, 5.74) is 11.7. The van der Waals surface area contributed by atoms with Crippen molar-refractivity contribution in [2.24, 2.45) is 22.8 Å². The zero-order chi connectivity index (χ0) is 12.2. The fourth-order valence-electron chi connectivity index (χ4n) is 3.04. The molecule has 0 aromatic carbocycles. The molecule has 0 saturated heterocycles. The van der Waals surface area contributed by atoms with Crippen LogP contribution in [0.5, 0.6) is 0 Å². The van der Waals surface area contributed by atoms with Crippen LogP contribution in [0.3, 0.4) is 0 Å². The largest absolute Gasteiger partial charge is 0.329 e. The first-order valence-corrected chi connectivity index (χ1v) is 6.09. The first-order chi connectivity index (χ1) is 7.46. The summed E-state index contributed by atoms with van der Waals surface area (Å²) >= 11 is 0. The Labute approximate surface area is 98.1 Å². The molecule has 5 N–H and O–H groups in total. The molecule has 0 aromatic heterocycles. The lowest BCUT2D eigenvalue weighted by Gasteiger charge is -2.56. The Hall–Kier alpha value is -0.450. The summed E-state index contributed by atoms with van der Waals surface area (Å²) in [7, 11) is 0. The Morgan fingerprint density at radius 3 is 2.56 bits per heavy atom. The van der Waals surface area contributed by atoms with E-state index in [2.05, 4.69) is 19.2 Å².